The summed E-state index contributed by atoms with van der Waals surface area (Å²) in [6.07, 6.45) is -18.8. The third-order valence-electron chi connectivity index (χ3n) is 31.0. The first kappa shape index (κ1) is 128. The van der Waals surface area contributed by atoms with Crippen molar-refractivity contribution in [1.29, 1.82) is 0 Å². The van der Waals surface area contributed by atoms with E-state index in [1.165, 1.54) is 76.6 Å². The Bertz CT molecular complexity index is 4270. The number of nitrogens with one attached hydrogen (secondary N) is 1. The summed E-state index contributed by atoms with van der Waals surface area (Å²) in [4.78, 5) is 80.9. The van der Waals surface area contributed by atoms with Gasteiger partial charge in [-0.15, -0.1) is 0 Å². The molecule has 40 atom stereocenters. The van der Waals surface area contributed by atoms with E-state index in [4.69, 9.17) is 72.8 Å². The van der Waals surface area contributed by atoms with Crippen molar-refractivity contribution in [2.24, 2.45) is 41.2 Å². The van der Waals surface area contributed by atoms with E-state index in [0.29, 0.717) is 75.8 Å². The number of unbranched alkanes of at least 4 members (excludes halogenated alkanes) is 2. The summed E-state index contributed by atoms with van der Waals surface area (Å²) in [5, 5.41) is 190. The molecule has 0 bridgehead atoms. The van der Waals surface area contributed by atoms with Crippen LogP contribution in [-0.2, 0) is 76.0 Å². The largest absolute Gasteiger partial charge is 0.481 e. The number of amides is 1. The number of aliphatic hydroxyl groups is 14. The Kier molecular flexibility index (Phi) is 49.3. The quantitative estimate of drug-likeness (QED) is 0.0193. The van der Waals surface area contributed by atoms with Crippen LogP contribution in [0.4, 0.5) is 11.4 Å². The number of aliphatic hydroxyl groups excluding tert-OH is 10. The Hall–Kier alpha value is -6.04. The fraction of sp³-hybridized carbons (Fsp3) is 0.843. The number of nitrogens with zero attached hydrogens (tertiary/aromatic N) is 6. The zero-order valence-corrected chi connectivity index (χ0v) is 90.0. The maximum Gasteiger partial charge on any atom is 0.311 e. The number of nitrogens with two attached hydrogens (primary N) is 1. The number of carboxylic acid groups (broad SMARTS) is 1. The fourth-order valence-electron chi connectivity index (χ4n) is 21.6. The number of carbonyl (C=O) groups excluding carboxylic acids is 3. The van der Waals surface area contributed by atoms with E-state index in [1.54, 1.807) is 96.9 Å². The lowest BCUT2D eigenvalue weighted by molar-refractivity contribution is -0.385. The van der Waals surface area contributed by atoms with E-state index in [1.807, 2.05) is 75.5 Å². The number of rotatable bonds is 33. The van der Waals surface area contributed by atoms with Crippen LogP contribution in [0.1, 0.15) is 252 Å². The molecule has 6 aliphatic rings. The van der Waals surface area contributed by atoms with E-state index in [2.05, 4.69) is 5.32 Å². The molecular weight excluding hydrogens is 1900 g/mol. The second-order valence-electron chi connectivity index (χ2n) is 43.5. The van der Waals surface area contributed by atoms with Crippen LogP contribution in [-0.4, -0.2) is 404 Å². The van der Waals surface area contributed by atoms with Gasteiger partial charge in [0.15, 0.2) is 25.2 Å². The monoisotopic (exact) mass is 2080 g/mol. The molecule has 43 heteroatoms. The molecule has 145 heavy (non-hydrogen) atoms. The molecule has 0 aliphatic carbocycles. The highest BCUT2D eigenvalue weighted by Crippen LogP contribution is 2.45. The summed E-state index contributed by atoms with van der Waals surface area (Å²) in [6.45, 7) is 35.5. The number of carbonyl (C=O) groups is 4. The number of non-ortho nitro benzene ring substituents is 2. The lowest BCUT2D eigenvalue weighted by Crippen LogP contribution is -2.60. The summed E-state index contributed by atoms with van der Waals surface area (Å²) in [5.41, 5.74) is -3.19. The van der Waals surface area contributed by atoms with Crippen LogP contribution in [0.25, 0.3) is 0 Å². The number of ether oxygens (including phenoxy) is 12. The number of likely N-dealkylation sites (N-methyl/N-ethyl adjacent to an activating group) is 4. The van der Waals surface area contributed by atoms with Crippen LogP contribution in [0.3, 0.4) is 0 Å². The zero-order chi connectivity index (χ0) is 110. The minimum Gasteiger partial charge on any atom is -0.481 e. The standard InChI is InChI=1S/C51H88N4O17.C42H78N2O14.C9H12N2O4/c1-14-38-51(10,64)44(60)32(6)54(12)26-28(2)24-49(8,63)46(30(4)43(31(5)47(62)70-38)71-40-25-50(9,67-13)45(61)33(7)69-40)72-48-42(59)37(23-29(3)68-48)53(11)22-16-15-17-39(57)52-36(27-56)41(58)34-18-20-35(21-19-34)55(65)66;1-14-30-42(10,52)35(48)27(6)44(12)22-23(2)20-40(8,51)37(58-39-33(47)29(19-24(3)54-39)43(11)18-16-15-17-31(45)46)25(4)34(26(5)38(50)56-30)57-32-21-41(9,53-13)36(49)28(7)55-32;10-8(5-12)9(13)6-1-3-7(4-2-6)11(14)15/h18-21,28-33,36-38,40-46,48,56,58-61,63-64H,14-17,22-27H2,1-13H3,(H,52,57);23-30,32-37,39,47-49,51-52H,14-22H2,1-13H3,(H,45,46);1-4,8-9,12-13H,5,10H2/t28-,29-,30+,31-,32-,33+,36-,37+,38-,40+,41-,42-,43+,44-,45+,46-,48+,49-,50-,51-;23-,24-,25+,26-,27-,28+,29+,30-,32+,33-,34+,35-,36+,37-,39+,40-,41-,42-;8-,9-/m111/s1. The van der Waals surface area contributed by atoms with Crippen molar-refractivity contribution in [2.45, 2.75) is 433 Å². The molecule has 8 rings (SSSR count). The van der Waals surface area contributed by atoms with Gasteiger partial charge in [-0.3, -0.25) is 39.4 Å². The number of nitro groups is 2. The molecule has 6 aliphatic heterocycles. The predicted octanol–water partition coefficient (Wildman–Crippen LogP) is 5.03. The third kappa shape index (κ3) is 34.0. The number of cyclic esters (lactones) is 2. The van der Waals surface area contributed by atoms with Crippen LogP contribution in [0.15, 0.2) is 48.5 Å². The molecule has 0 unspecified atom stereocenters. The van der Waals surface area contributed by atoms with Crippen molar-refractivity contribution >= 4 is 35.2 Å². The molecule has 1 amide bonds. The second kappa shape index (κ2) is 56.0. The van der Waals surface area contributed by atoms with Gasteiger partial charge in [0.05, 0.1) is 124 Å². The average molecular weight is 2080 g/mol. The predicted molar refractivity (Wildman–Crippen MR) is 532 cm³/mol. The van der Waals surface area contributed by atoms with Gasteiger partial charge in [-0.05, 0) is 250 Å². The lowest BCUT2D eigenvalue weighted by Gasteiger charge is -2.49. The number of esters is 2. The van der Waals surface area contributed by atoms with Gasteiger partial charge < -0.3 is 164 Å². The Balaban J connectivity index is 0.000000393. The first-order valence-corrected chi connectivity index (χ1v) is 51.3. The second-order valence-corrected chi connectivity index (χ2v) is 43.5. The molecule has 0 aromatic heterocycles. The van der Waals surface area contributed by atoms with Gasteiger partial charge in [0.2, 0.25) is 5.91 Å². The number of methoxy groups -OCH3 is 2. The smallest absolute Gasteiger partial charge is 0.311 e. The number of hydrogen-bond donors (Lipinski definition) is 17. The minimum absolute atomic E-state index is 0.0523. The van der Waals surface area contributed by atoms with Crippen molar-refractivity contribution in [3.05, 3.63) is 79.9 Å². The van der Waals surface area contributed by atoms with Crippen molar-refractivity contribution < 1.29 is 162 Å². The molecule has 6 heterocycles. The third-order valence-corrected chi connectivity index (χ3v) is 31.0. The Morgan fingerprint density at radius 3 is 1.21 bits per heavy atom. The van der Waals surface area contributed by atoms with Crippen molar-refractivity contribution in [3.8, 4) is 0 Å². The first-order chi connectivity index (χ1) is 67.4. The number of carboxylic acids is 1. The highest BCUT2D eigenvalue weighted by molar-refractivity contribution is 5.76. The maximum atomic E-state index is 14.5. The molecule has 0 spiro atoms. The van der Waals surface area contributed by atoms with E-state index < -0.39 is 263 Å². The lowest BCUT2D eigenvalue weighted by atomic mass is 9.77. The maximum absolute atomic E-state index is 14.5. The normalized spacial score (nSPS) is 39.6. The van der Waals surface area contributed by atoms with Crippen LogP contribution in [0, 0.1) is 55.7 Å². The van der Waals surface area contributed by atoms with Gasteiger partial charge in [0.25, 0.3) is 11.4 Å². The van der Waals surface area contributed by atoms with E-state index >= 15 is 0 Å². The summed E-state index contributed by atoms with van der Waals surface area (Å²) in [6, 6.07) is 6.69. The molecule has 43 nitrogen and oxygen atoms in total. The van der Waals surface area contributed by atoms with Crippen molar-refractivity contribution in [1.82, 2.24) is 24.9 Å². The number of aliphatic carboxylic acids is 1. The topological polar surface area (TPSA) is 620 Å². The van der Waals surface area contributed by atoms with E-state index in [9.17, 15) is 106 Å². The molecule has 2 aromatic carbocycles. The highest BCUT2D eigenvalue weighted by Gasteiger charge is 2.57. The molecule has 0 saturated carbocycles. The van der Waals surface area contributed by atoms with Crippen LogP contribution < -0.4 is 11.1 Å². The molecule has 836 valence electrons. The van der Waals surface area contributed by atoms with Gasteiger partial charge in [0, 0.05) is 113 Å². The molecule has 0 radical (unpaired) electrons. The molecular formula is C102H178N8O35. The summed E-state index contributed by atoms with van der Waals surface area (Å²) < 4.78 is 75.8. The minimum atomic E-state index is -1.86. The fourth-order valence-corrected chi connectivity index (χ4v) is 21.6. The van der Waals surface area contributed by atoms with Crippen molar-refractivity contribution in [2.75, 3.05) is 81.8 Å². The summed E-state index contributed by atoms with van der Waals surface area (Å²) >= 11 is 0. The number of nitro benzene ring substituents is 2. The average Bonchev–Trinajstić information content (AvgIpc) is 1.50. The SMILES string of the molecule is CC[C@H]1OC(=O)[C@H](C)[C@@H](O[C@H]2C[C@@](C)(OC)[C@@H](O)[C@H](C)O2)[C@H](C)[C@@H](O[C@@H]2O[C@H](C)C[C@H](N(C)CCCCC(=O)N[C@H](CO)[C@H](O)c3ccc([N+](=O)[O-])cc3)[C@H]2O)[C@](C)(O)C[C@@H](C)CN(C)[C@H](C)[C@@H](O)[C@]1(C)O.CC[C@H]1OC(=O)[C@H](C)[C@@H](O[C@H]2C[C@@](C)(OC)[C@@H](O)[C@H](C)O2)[C@H](C)[C@@H](O[C@@H]2O[C@H](C)C[C@H](N(C)CCCCC(=O)O)[C@H]2O)[C@](C)(O)C[C@@H](C)CN(C)[C@H](C)[C@@H](O)[C@]1(C)O.N[C@H](CO)[C@H](O)c1ccc([N+](=O)[O-])cc1. The summed E-state index contributed by atoms with van der Waals surface area (Å²) in [5.74, 6) is -6.98. The Morgan fingerprint density at radius 2 is 0.883 bits per heavy atom. The molecule has 6 fully saturated rings. The zero-order valence-electron chi connectivity index (χ0n) is 90.0. The van der Waals surface area contributed by atoms with Gasteiger partial charge in [-0.25, -0.2) is 0 Å². The highest BCUT2D eigenvalue weighted by atomic mass is 16.7. The van der Waals surface area contributed by atoms with Crippen molar-refractivity contribution in [3.63, 3.8) is 0 Å². The van der Waals surface area contributed by atoms with Crippen LogP contribution >= 0.6 is 0 Å². The Morgan fingerprint density at radius 1 is 0.531 bits per heavy atom. The molecule has 2 aromatic rings. The van der Waals surface area contributed by atoms with Crippen LogP contribution in [0.2, 0.25) is 0 Å². The summed E-state index contributed by atoms with van der Waals surface area (Å²) in [7, 11) is 10.3. The van der Waals surface area contributed by atoms with Gasteiger partial charge in [0.1, 0.15) is 66.1 Å². The molecule has 6 saturated heterocycles. The number of hydrogen-bond acceptors (Lipinski definition) is 39. The Labute approximate surface area is 854 Å². The first-order valence-electron chi connectivity index (χ1n) is 51.3. The number of benzene rings is 2. The van der Waals surface area contributed by atoms with E-state index in [0.717, 1.165) is 0 Å². The van der Waals surface area contributed by atoms with E-state index in [-0.39, 0.29) is 87.3 Å². The molecule has 18 N–H and O–H groups in total. The van der Waals surface area contributed by atoms with Gasteiger partial charge in [-0.2, -0.15) is 0 Å². The van der Waals surface area contributed by atoms with Gasteiger partial charge >= 0.3 is 17.9 Å². The van der Waals surface area contributed by atoms with Gasteiger partial charge in [-0.1, -0.05) is 41.5 Å². The van der Waals surface area contributed by atoms with Crippen LogP contribution in [0.5, 0.6) is 0 Å².